The van der Waals surface area contributed by atoms with Crippen molar-refractivity contribution in [2.45, 2.75) is 44.3 Å². The van der Waals surface area contributed by atoms with Crippen LogP contribution in [0, 0.1) is 0 Å². The van der Waals surface area contributed by atoms with Gasteiger partial charge in [-0.3, -0.25) is 4.79 Å². The van der Waals surface area contributed by atoms with Crippen LogP contribution in [-0.4, -0.2) is 36.7 Å². The van der Waals surface area contributed by atoms with Gasteiger partial charge in [0.25, 0.3) is 0 Å². The van der Waals surface area contributed by atoms with Gasteiger partial charge in [0, 0.05) is 37.2 Å². The third-order valence-corrected chi connectivity index (χ3v) is 4.09. The summed E-state index contributed by atoms with van der Waals surface area (Å²) in [6.45, 7) is 4.72. The van der Waals surface area contributed by atoms with Gasteiger partial charge in [-0.15, -0.1) is 0 Å². The predicted molar refractivity (Wildman–Crippen MR) is 68.8 cm³/mol. The quantitative estimate of drug-likeness (QED) is 0.699. The molecule has 0 radical (unpaired) electrons. The topological polar surface area (TPSA) is 38.3 Å². The number of hydrogen-bond donors (Lipinski definition) is 1. The van der Waals surface area contributed by atoms with Crippen molar-refractivity contribution in [3.8, 4) is 0 Å². The second kappa shape index (κ2) is 8.88. The number of amides is 1. The predicted octanol–water partition coefficient (Wildman–Crippen LogP) is 2.21. The van der Waals surface area contributed by atoms with Crippen LogP contribution >= 0.6 is 11.8 Å². The molecule has 0 aromatic carbocycles. The molecule has 0 aliphatic carbocycles. The van der Waals surface area contributed by atoms with Crippen LogP contribution in [0.4, 0.5) is 0 Å². The monoisotopic (exact) mass is 245 g/mol. The fourth-order valence-corrected chi connectivity index (χ4v) is 2.76. The average Bonchev–Trinajstić information content (AvgIpc) is 2.33. The summed E-state index contributed by atoms with van der Waals surface area (Å²) in [6.07, 6.45) is 5.09. The summed E-state index contributed by atoms with van der Waals surface area (Å²) >= 11 is 1.97. The van der Waals surface area contributed by atoms with E-state index in [0.29, 0.717) is 6.42 Å². The van der Waals surface area contributed by atoms with Crippen LogP contribution in [0.2, 0.25) is 0 Å². The van der Waals surface area contributed by atoms with Gasteiger partial charge in [0.15, 0.2) is 0 Å². The number of thioether (sulfide) groups is 1. The van der Waals surface area contributed by atoms with Crippen molar-refractivity contribution in [3.05, 3.63) is 0 Å². The van der Waals surface area contributed by atoms with Gasteiger partial charge in [-0.2, -0.15) is 11.8 Å². The number of rotatable bonds is 7. The van der Waals surface area contributed by atoms with E-state index in [1.807, 2.05) is 11.8 Å². The maximum absolute atomic E-state index is 11.3. The Morgan fingerprint density at radius 2 is 2.19 bits per heavy atom. The fraction of sp³-hybridized carbons (Fsp3) is 0.917. The van der Waals surface area contributed by atoms with Gasteiger partial charge < -0.3 is 10.1 Å². The minimum absolute atomic E-state index is 0.203. The first-order chi connectivity index (χ1) is 7.83. The number of hydrogen-bond acceptors (Lipinski definition) is 3. The zero-order valence-electron chi connectivity index (χ0n) is 10.2. The van der Waals surface area contributed by atoms with E-state index in [0.717, 1.165) is 56.4 Å². The zero-order chi connectivity index (χ0) is 11.6. The highest BCUT2D eigenvalue weighted by molar-refractivity contribution is 7.99. The molecule has 94 valence electrons. The third kappa shape index (κ3) is 6.38. The molecular weight excluding hydrogens is 222 g/mol. The van der Waals surface area contributed by atoms with E-state index in [1.54, 1.807) is 0 Å². The first-order valence-electron chi connectivity index (χ1n) is 6.29. The number of unbranched alkanes of at least 4 members (excludes halogenated alkanes) is 1. The summed E-state index contributed by atoms with van der Waals surface area (Å²) in [5.74, 6) is 1.23. The Labute approximate surface area is 103 Å². The molecule has 0 atom stereocenters. The van der Waals surface area contributed by atoms with Gasteiger partial charge in [-0.1, -0.05) is 13.3 Å². The summed E-state index contributed by atoms with van der Waals surface area (Å²) in [6, 6.07) is 0. The summed E-state index contributed by atoms with van der Waals surface area (Å²) < 4.78 is 5.31. The van der Waals surface area contributed by atoms with Gasteiger partial charge >= 0.3 is 0 Å². The first kappa shape index (κ1) is 13.8. The van der Waals surface area contributed by atoms with Crippen molar-refractivity contribution < 1.29 is 9.53 Å². The maximum Gasteiger partial charge on any atom is 0.220 e. The Kier molecular flexibility index (Phi) is 7.68. The van der Waals surface area contributed by atoms with Gasteiger partial charge in [0.2, 0.25) is 5.91 Å². The smallest absolute Gasteiger partial charge is 0.220 e. The van der Waals surface area contributed by atoms with Crippen LogP contribution in [0.3, 0.4) is 0 Å². The molecule has 3 nitrogen and oxygen atoms in total. The molecule has 1 aliphatic heterocycles. The van der Waals surface area contributed by atoms with Crippen LogP contribution in [0.25, 0.3) is 0 Å². The Hall–Kier alpha value is -0.220. The van der Waals surface area contributed by atoms with E-state index in [9.17, 15) is 4.79 Å². The van der Waals surface area contributed by atoms with Crippen molar-refractivity contribution in [2.24, 2.45) is 0 Å². The Morgan fingerprint density at radius 1 is 1.44 bits per heavy atom. The second-order valence-corrected chi connectivity index (χ2v) is 5.54. The molecule has 0 unspecified atom stereocenters. The number of carbonyl (C=O) groups is 1. The normalized spacial score (nSPS) is 17.3. The van der Waals surface area contributed by atoms with Crippen LogP contribution < -0.4 is 5.32 Å². The lowest BCUT2D eigenvalue weighted by Crippen LogP contribution is -2.26. The summed E-state index contributed by atoms with van der Waals surface area (Å²) in [4.78, 5) is 11.3. The summed E-state index contributed by atoms with van der Waals surface area (Å²) in [7, 11) is 0. The first-order valence-corrected chi connectivity index (χ1v) is 7.34. The molecule has 16 heavy (non-hydrogen) atoms. The van der Waals surface area contributed by atoms with E-state index in [2.05, 4.69) is 12.2 Å². The van der Waals surface area contributed by atoms with Crippen molar-refractivity contribution in [3.63, 3.8) is 0 Å². The van der Waals surface area contributed by atoms with E-state index >= 15 is 0 Å². The molecule has 0 spiro atoms. The van der Waals surface area contributed by atoms with Crippen LogP contribution in [0.1, 0.15) is 39.0 Å². The minimum Gasteiger partial charge on any atom is -0.381 e. The molecule has 4 heteroatoms. The van der Waals surface area contributed by atoms with Crippen LogP contribution in [-0.2, 0) is 9.53 Å². The van der Waals surface area contributed by atoms with E-state index in [4.69, 9.17) is 4.74 Å². The SMILES string of the molecule is CCCCC(=O)NCCSC1CCOCC1. The molecule has 1 rings (SSSR count). The maximum atomic E-state index is 11.3. The van der Waals surface area contributed by atoms with Crippen LogP contribution in [0.5, 0.6) is 0 Å². The third-order valence-electron chi connectivity index (χ3n) is 2.70. The minimum atomic E-state index is 0.203. The lowest BCUT2D eigenvalue weighted by molar-refractivity contribution is -0.121. The highest BCUT2D eigenvalue weighted by atomic mass is 32.2. The van der Waals surface area contributed by atoms with Crippen molar-refractivity contribution in [1.29, 1.82) is 0 Å². The zero-order valence-corrected chi connectivity index (χ0v) is 11.0. The van der Waals surface area contributed by atoms with E-state index in [1.165, 1.54) is 0 Å². The molecule has 1 fully saturated rings. The molecular formula is C12H23NO2S. The number of ether oxygens (including phenoxy) is 1. The number of carbonyl (C=O) groups excluding carboxylic acids is 1. The molecule has 1 amide bonds. The molecule has 0 aromatic rings. The Balaban J connectivity index is 1.92. The van der Waals surface area contributed by atoms with Gasteiger partial charge in [0.1, 0.15) is 0 Å². The van der Waals surface area contributed by atoms with E-state index in [-0.39, 0.29) is 5.91 Å². The van der Waals surface area contributed by atoms with Gasteiger partial charge in [-0.25, -0.2) is 0 Å². The second-order valence-electron chi connectivity index (χ2n) is 4.14. The molecule has 0 bridgehead atoms. The molecule has 1 N–H and O–H groups in total. The Morgan fingerprint density at radius 3 is 2.88 bits per heavy atom. The van der Waals surface area contributed by atoms with E-state index < -0.39 is 0 Å². The molecule has 0 aromatic heterocycles. The highest BCUT2D eigenvalue weighted by Gasteiger charge is 2.13. The molecule has 1 heterocycles. The standard InChI is InChI=1S/C12H23NO2S/c1-2-3-4-12(14)13-7-10-16-11-5-8-15-9-6-11/h11H,2-10H2,1H3,(H,13,14). The molecule has 1 saturated heterocycles. The van der Waals surface area contributed by atoms with Crippen molar-refractivity contribution in [2.75, 3.05) is 25.5 Å². The van der Waals surface area contributed by atoms with Crippen LogP contribution in [0.15, 0.2) is 0 Å². The number of nitrogens with one attached hydrogen (secondary N) is 1. The van der Waals surface area contributed by atoms with Crippen molar-refractivity contribution in [1.82, 2.24) is 5.32 Å². The Bertz CT molecular complexity index is 193. The van der Waals surface area contributed by atoms with Crippen molar-refractivity contribution >= 4 is 17.7 Å². The largest absolute Gasteiger partial charge is 0.381 e. The highest BCUT2D eigenvalue weighted by Crippen LogP contribution is 2.21. The lowest BCUT2D eigenvalue weighted by atomic mass is 10.2. The van der Waals surface area contributed by atoms with Gasteiger partial charge in [0.05, 0.1) is 0 Å². The lowest BCUT2D eigenvalue weighted by Gasteiger charge is -2.21. The fourth-order valence-electron chi connectivity index (χ4n) is 1.68. The van der Waals surface area contributed by atoms with Gasteiger partial charge in [-0.05, 0) is 19.3 Å². The summed E-state index contributed by atoms with van der Waals surface area (Å²) in [5.41, 5.74) is 0. The molecule has 1 aliphatic rings. The average molecular weight is 245 g/mol. The molecule has 0 saturated carbocycles. The summed E-state index contributed by atoms with van der Waals surface area (Å²) in [5, 5.41) is 3.70.